The smallest absolute Gasteiger partial charge is 0.282 e. The molecule has 7 heteroatoms. The standard InChI is InChI=1S/C16H31N3O3S/c1-15-5-9-19(10-6-15)23(20,21)18-8-3-7-17(11-12-18)14-16-4-2-13-22-16/h15-16H,2-14H2,1H3/t16-/m0/s1. The van der Waals surface area contributed by atoms with Gasteiger partial charge in [-0.1, -0.05) is 6.92 Å². The van der Waals surface area contributed by atoms with Crippen molar-refractivity contribution in [1.29, 1.82) is 0 Å². The lowest BCUT2D eigenvalue weighted by Crippen LogP contribution is -2.48. The molecule has 1 atom stereocenters. The minimum absolute atomic E-state index is 0.349. The highest BCUT2D eigenvalue weighted by Crippen LogP contribution is 2.22. The van der Waals surface area contributed by atoms with E-state index in [4.69, 9.17) is 4.74 Å². The molecule has 3 heterocycles. The fourth-order valence-electron chi connectivity index (χ4n) is 3.82. The Bertz CT molecular complexity index is 471. The van der Waals surface area contributed by atoms with Crippen LogP contribution in [0.5, 0.6) is 0 Å². The zero-order chi connectivity index (χ0) is 16.3. The van der Waals surface area contributed by atoms with Crippen LogP contribution >= 0.6 is 0 Å². The van der Waals surface area contributed by atoms with Crippen molar-refractivity contribution in [2.24, 2.45) is 5.92 Å². The van der Waals surface area contributed by atoms with Crippen LogP contribution in [0, 0.1) is 5.92 Å². The largest absolute Gasteiger partial charge is 0.377 e. The molecule has 0 aromatic heterocycles. The van der Waals surface area contributed by atoms with E-state index in [2.05, 4.69) is 11.8 Å². The van der Waals surface area contributed by atoms with Gasteiger partial charge in [0.1, 0.15) is 0 Å². The van der Waals surface area contributed by atoms with Gasteiger partial charge in [-0.15, -0.1) is 0 Å². The van der Waals surface area contributed by atoms with Crippen LogP contribution < -0.4 is 0 Å². The predicted molar refractivity (Wildman–Crippen MR) is 90.5 cm³/mol. The third kappa shape index (κ3) is 4.45. The van der Waals surface area contributed by atoms with Crippen LogP contribution in [0.15, 0.2) is 0 Å². The Hall–Kier alpha value is -0.210. The zero-order valence-corrected chi connectivity index (χ0v) is 15.1. The molecule has 3 rings (SSSR count). The van der Waals surface area contributed by atoms with Crippen LogP contribution in [0.3, 0.4) is 0 Å². The first-order chi connectivity index (χ1) is 11.1. The van der Waals surface area contributed by atoms with Gasteiger partial charge in [0.05, 0.1) is 6.10 Å². The van der Waals surface area contributed by atoms with Gasteiger partial charge < -0.3 is 4.74 Å². The number of hydrogen-bond donors (Lipinski definition) is 0. The van der Waals surface area contributed by atoms with Gasteiger partial charge in [-0.05, 0) is 44.6 Å². The van der Waals surface area contributed by atoms with Gasteiger partial charge in [-0.2, -0.15) is 17.0 Å². The lowest BCUT2D eigenvalue weighted by molar-refractivity contribution is 0.0749. The molecule has 134 valence electrons. The number of hydrogen-bond acceptors (Lipinski definition) is 4. The molecule has 3 fully saturated rings. The van der Waals surface area contributed by atoms with Crippen LogP contribution in [-0.2, 0) is 14.9 Å². The van der Waals surface area contributed by atoms with Gasteiger partial charge in [0, 0.05) is 45.9 Å². The number of piperidine rings is 1. The maximum atomic E-state index is 12.9. The van der Waals surface area contributed by atoms with Gasteiger partial charge in [0.2, 0.25) is 0 Å². The van der Waals surface area contributed by atoms with E-state index in [-0.39, 0.29) is 0 Å². The fraction of sp³-hybridized carbons (Fsp3) is 1.00. The third-order valence-corrected chi connectivity index (χ3v) is 7.46. The molecular formula is C16H31N3O3S. The highest BCUT2D eigenvalue weighted by molar-refractivity contribution is 7.86. The second kappa shape index (κ2) is 7.78. The maximum absolute atomic E-state index is 12.9. The molecule has 0 bridgehead atoms. The summed E-state index contributed by atoms with van der Waals surface area (Å²) in [6.07, 6.45) is 5.53. The molecule has 0 radical (unpaired) electrons. The van der Waals surface area contributed by atoms with Crippen molar-refractivity contribution in [3.8, 4) is 0 Å². The summed E-state index contributed by atoms with van der Waals surface area (Å²) in [5.41, 5.74) is 0. The lowest BCUT2D eigenvalue weighted by atomic mass is 10.0. The summed E-state index contributed by atoms with van der Waals surface area (Å²) in [6.45, 7) is 8.46. The normalized spacial score (nSPS) is 30.6. The van der Waals surface area contributed by atoms with E-state index in [0.29, 0.717) is 38.2 Å². The fourth-order valence-corrected chi connectivity index (χ4v) is 5.49. The van der Waals surface area contributed by atoms with E-state index in [9.17, 15) is 8.42 Å². The average Bonchev–Trinajstić information content (AvgIpc) is 2.91. The van der Waals surface area contributed by atoms with Gasteiger partial charge >= 0.3 is 0 Å². The summed E-state index contributed by atoms with van der Waals surface area (Å²) in [5, 5.41) is 0. The van der Waals surface area contributed by atoms with Gasteiger partial charge in [0.15, 0.2) is 0 Å². The minimum atomic E-state index is -3.27. The van der Waals surface area contributed by atoms with Crippen LogP contribution in [0.2, 0.25) is 0 Å². The Labute approximate surface area is 140 Å². The molecular weight excluding hydrogens is 314 g/mol. The van der Waals surface area contributed by atoms with Crippen molar-refractivity contribution < 1.29 is 13.2 Å². The molecule has 0 amide bonds. The highest BCUT2D eigenvalue weighted by atomic mass is 32.2. The Morgan fingerprint density at radius 2 is 1.65 bits per heavy atom. The summed E-state index contributed by atoms with van der Waals surface area (Å²) in [7, 11) is -3.27. The van der Waals surface area contributed by atoms with Crippen molar-refractivity contribution in [2.75, 3.05) is 52.4 Å². The number of nitrogens with zero attached hydrogens (tertiary/aromatic N) is 3. The molecule has 0 unspecified atom stereocenters. The molecule has 3 aliphatic heterocycles. The zero-order valence-electron chi connectivity index (χ0n) is 14.3. The molecule has 0 aliphatic carbocycles. The Balaban J connectivity index is 1.54. The van der Waals surface area contributed by atoms with E-state index in [0.717, 1.165) is 58.3 Å². The number of rotatable bonds is 4. The molecule has 0 spiro atoms. The number of ether oxygens (including phenoxy) is 1. The summed E-state index contributed by atoms with van der Waals surface area (Å²) in [6, 6.07) is 0. The first-order valence-electron chi connectivity index (χ1n) is 9.15. The van der Waals surface area contributed by atoms with E-state index < -0.39 is 10.2 Å². The van der Waals surface area contributed by atoms with Crippen LogP contribution in [0.1, 0.15) is 39.0 Å². The molecule has 0 N–H and O–H groups in total. The van der Waals surface area contributed by atoms with E-state index in [1.165, 1.54) is 0 Å². The SMILES string of the molecule is CC1CCN(S(=O)(=O)N2CCCN(C[C@@H]3CCCO3)CC2)CC1. The first-order valence-corrected chi connectivity index (χ1v) is 10.5. The molecule has 6 nitrogen and oxygen atoms in total. The summed E-state index contributed by atoms with van der Waals surface area (Å²) in [5.74, 6) is 0.646. The van der Waals surface area contributed by atoms with E-state index >= 15 is 0 Å². The van der Waals surface area contributed by atoms with E-state index in [1.807, 2.05) is 0 Å². The van der Waals surface area contributed by atoms with Crippen molar-refractivity contribution in [3.63, 3.8) is 0 Å². The quantitative estimate of drug-likeness (QED) is 0.767. The molecule has 23 heavy (non-hydrogen) atoms. The van der Waals surface area contributed by atoms with Crippen molar-refractivity contribution in [1.82, 2.24) is 13.5 Å². The summed E-state index contributed by atoms with van der Waals surface area (Å²) in [4.78, 5) is 2.38. The summed E-state index contributed by atoms with van der Waals surface area (Å²) < 4.78 is 34.8. The predicted octanol–water partition coefficient (Wildman–Crippen LogP) is 1.15. The van der Waals surface area contributed by atoms with Crippen molar-refractivity contribution >= 4 is 10.2 Å². The van der Waals surface area contributed by atoms with E-state index in [1.54, 1.807) is 8.61 Å². The maximum Gasteiger partial charge on any atom is 0.282 e. The van der Waals surface area contributed by atoms with Gasteiger partial charge in [-0.3, -0.25) is 4.90 Å². The van der Waals surface area contributed by atoms with Crippen LogP contribution in [0.25, 0.3) is 0 Å². The monoisotopic (exact) mass is 345 g/mol. The summed E-state index contributed by atoms with van der Waals surface area (Å²) >= 11 is 0. The Morgan fingerprint density at radius 3 is 2.35 bits per heavy atom. The molecule has 3 saturated heterocycles. The Morgan fingerprint density at radius 1 is 0.913 bits per heavy atom. The molecule has 3 aliphatic rings. The second-order valence-corrected chi connectivity index (χ2v) is 9.21. The molecule has 0 aromatic rings. The van der Waals surface area contributed by atoms with Crippen molar-refractivity contribution in [3.05, 3.63) is 0 Å². The molecule has 0 saturated carbocycles. The minimum Gasteiger partial charge on any atom is -0.377 e. The van der Waals surface area contributed by atoms with Crippen LogP contribution in [0.4, 0.5) is 0 Å². The van der Waals surface area contributed by atoms with Gasteiger partial charge in [-0.25, -0.2) is 0 Å². The third-order valence-electron chi connectivity index (χ3n) is 5.43. The average molecular weight is 346 g/mol. The molecule has 0 aromatic carbocycles. The second-order valence-electron chi connectivity index (χ2n) is 7.28. The topological polar surface area (TPSA) is 53.1 Å². The first kappa shape index (κ1) is 17.6. The van der Waals surface area contributed by atoms with Gasteiger partial charge in [0.25, 0.3) is 10.2 Å². The van der Waals surface area contributed by atoms with Crippen LogP contribution in [-0.4, -0.2) is 80.5 Å². The highest BCUT2D eigenvalue weighted by Gasteiger charge is 2.33. The lowest BCUT2D eigenvalue weighted by Gasteiger charge is -2.33. The Kier molecular flexibility index (Phi) is 5.96. The van der Waals surface area contributed by atoms with Crippen molar-refractivity contribution in [2.45, 2.75) is 45.1 Å².